The first-order valence-electron chi connectivity index (χ1n) is 6.85. The lowest BCUT2D eigenvalue weighted by Crippen LogP contribution is -2.44. The molecule has 1 aromatic rings. The van der Waals surface area contributed by atoms with Crippen LogP contribution in [0.2, 0.25) is 0 Å². The van der Waals surface area contributed by atoms with E-state index >= 15 is 0 Å². The molecule has 0 aromatic carbocycles. The van der Waals surface area contributed by atoms with E-state index in [9.17, 15) is 0 Å². The minimum absolute atomic E-state index is 0.351. The Bertz CT molecular complexity index is 326. The standard InChI is InChI=1S/C15H24N2/c1-11-7-6-8-12(2)15(11)17-13(3)14-9-4-5-10-16-14/h4-5,9-13,15,17H,6-8H2,1-3H3/t11?,12?,13-,15?/m0/s1. The summed E-state index contributed by atoms with van der Waals surface area (Å²) in [7, 11) is 0. The molecule has 0 radical (unpaired) electrons. The molecule has 0 saturated heterocycles. The number of pyridine rings is 1. The van der Waals surface area contributed by atoms with Crippen molar-refractivity contribution in [2.24, 2.45) is 11.8 Å². The fourth-order valence-corrected chi connectivity index (χ4v) is 3.02. The molecule has 94 valence electrons. The average Bonchev–Trinajstić information content (AvgIpc) is 2.35. The molecule has 1 heterocycles. The van der Waals surface area contributed by atoms with Gasteiger partial charge >= 0.3 is 0 Å². The molecule has 1 aromatic heterocycles. The molecule has 0 aliphatic heterocycles. The highest BCUT2D eigenvalue weighted by atomic mass is 15.0. The van der Waals surface area contributed by atoms with Crippen LogP contribution in [0.15, 0.2) is 24.4 Å². The van der Waals surface area contributed by atoms with E-state index in [0.717, 1.165) is 17.5 Å². The van der Waals surface area contributed by atoms with Crippen molar-refractivity contribution < 1.29 is 0 Å². The normalized spacial score (nSPS) is 31.1. The molecule has 0 bridgehead atoms. The van der Waals surface area contributed by atoms with Gasteiger partial charge in [-0.3, -0.25) is 4.98 Å². The van der Waals surface area contributed by atoms with Crippen molar-refractivity contribution in [3.8, 4) is 0 Å². The lowest BCUT2D eigenvalue weighted by atomic mass is 9.78. The molecule has 2 nitrogen and oxygen atoms in total. The van der Waals surface area contributed by atoms with Crippen molar-refractivity contribution in [1.82, 2.24) is 10.3 Å². The molecule has 1 aliphatic carbocycles. The summed E-state index contributed by atoms with van der Waals surface area (Å²) in [4.78, 5) is 4.43. The van der Waals surface area contributed by atoms with E-state index in [2.05, 4.69) is 43.2 Å². The van der Waals surface area contributed by atoms with Gasteiger partial charge in [0.15, 0.2) is 0 Å². The maximum absolute atomic E-state index is 4.43. The molecule has 1 fully saturated rings. The van der Waals surface area contributed by atoms with Crippen molar-refractivity contribution in [2.45, 2.75) is 52.1 Å². The summed E-state index contributed by atoms with van der Waals surface area (Å²) in [5, 5.41) is 3.77. The SMILES string of the molecule is CC1CCCC(C)C1N[C@@H](C)c1ccccn1. The van der Waals surface area contributed by atoms with Gasteiger partial charge in [0.25, 0.3) is 0 Å². The Hall–Kier alpha value is -0.890. The van der Waals surface area contributed by atoms with Crippen molar-refractivity contribution in [3.05, 3.63) is 30.1 Å². The predicted octanol–water partition coefficient (Wildman–Crippen LogP) is 3.56. The Kier molecular flexibility index (Phi) is 4.16. The topological polar surface area (TPSA) is 24.9 Å². The van der Waals surface area contributed by atoms with Crippen LogP contribution in [0, 0.1) is 11.8 Å². The van der Waals surface area contributed by atoms with Crippen LogP contribution in [-0.2, 0) is 0 Å². The highest BCUT2D eigenvalue weighted by molar-refractivity contribution is 5.08. The third-order valence-corrected chi connectivity index (χ3v) is 4.12. The summed E-state index contributed by atoms with van der Waals surface area (Å²) in [6, 6.07) is 7.14. The first-order chi connectivity index (χ1) is 8.18. The number of hydrogen-bond donors (Lipinski definition) is 1. The van der Waals surface area contributed by atoms with Crippen LogP contribution < -0.4 is 5.32 Å². The van der Waals surface area contributed by atoms with E-state index in [1.807, 2.05) is 12.3 Å². The van der Waals surface area contributed by atoms with E-state index in [4.69, 9.17) is 0 Å². The van der Waals surface area contributed by atoms with Gasteiger partial charge in [0.05, 0.1) is 5.69 Å². The van der Waals surface area contributed by atoms with Crippen molar-refractivity contribution in [1.29, 1.82) is 0 Å². The second-order valence-corrected chi connectivity index (χ2v) is 5.55. The van der Waals surface area contributed by atoms with Gasteiger partial charge in [0.2, 0.25) is 0 Å². The summed E-state index contributed by atoms with van der Waals surface area (Å²) in [5.74, 6) is 1.56. The number of hydrogen-bond acceptors (Lipinski definition) is 2. The van der Waals surface area contributed by atoms with E-state index in [0.29, 0.717) is 12.1 Å². The molecule has 0 amide bonds. The Morgan fingerprint density at radius 3 is 2.53 bits per heavy atom. The van der Waals surface area contributed by atoms with Crippen molar-refractivity contribution in [2.75, 3.05) is 0 Å². The number of aromatic nitrogens is 1. The number of nitrogens with one attached hydrogen (secondary N) is 1. The smallest absolute Gasteiger partial charge is 0.0570 e. The first kappa shape index (κ1) is 12.6. The molecular weight excluding hydrogens is 208 g/mol. The van der Waals surface area contributed by atoms with Gasteiger partial charge in [-0.1, -0.05) is 26.3 Å². The van der Waals surface area contributed by atoms with Crippen LogP contribution in [0.1, 0.15) is 51.8 Å². The minimum atomic E-state index is 0.351. The summed E-state index contributed by atoms with van der Waals surface area (Å²) >= 11 is 0. The molecule has 2 unspecified atom stereocenters. The molecule has 1 aliphatic rings. The Morgan fingerprint density at radius 2 is 1.94 bits per heavy atom. The zero-order valence-corrected chi connectivity index (χ0v) is 11.2. The highest BCUT2D eigenvalue weighted by Crippen LogP contribution is 2.30. The van der Waals surface area contributed by atoms with E-state index in [1.54, 1.807) is 0 Å². The van der Waals surface area contributed by atoms with Crippen LogP contribution in [0.3, 0.4) is 0 Å². The first-order valence-corrected chi connectivity index (χ1v) is 6.85. The zero-order chi connectivity index (χ0) is 12.3. The van der Waals surface area contributed by atoms with Gasteiger partial charge in [-0.15, -0.1) is 0 Å². The molecule has 1 saturated carbocycles. The van der Waals surface area contributed by atoms with Gasteiger partial charge in [-0.2, -0.15) is 0 Å². The Balaban J connectivity index is 2.00. The summed E-state index contributed by atoms with van der Waals surface area (Å²) in [6.45, 7) is 6.97. The molecule has 3 atom stereocenters. The van der Waals surface area contributed by atoms with E-state index in [-0.39, 0.29) is 0 Å². The molecule has 1 N–H and O–H groups in total. The Morgan fingerprint density at radius 1 is 1.24 bits per heavy atom. The largest absolute Gasteiger partial charge is 0.306 e. The van der Waals surface area contributed by atoms with E-state index < -0.39 is 0 Å². The monoisotopic (exact) mass is 232 g/mol. The molecule has 2 rings (SSSR count). The molecular formula is C15H24N2. The van der Waals surface area contributed by atoms with Crippen LogP contribution >= 0.6 is 0 Å². The third kappa shape index (κ3) is 3.06. The number of nitrogens with zero attached hydrogens (tertiary/aromatic N) is 1. The molecule has 0 spiro atoms. The number of rotatable bonds is 3. The second-order valence-electron chi connectivity index (χ2n) is 5.55. The van der Waals surface area contributed by atoms with Gasteiger partial charge in [-0.05, 0) is 43.7 Å². The van der Waals surface area contributed by atoms with Crippen LogP contribution in [0.25, 0.3) is 0 Å². The molecule has 17 heavy (non-hydrogen) atoms. The van der Waals surface area contributed by atoms with Gasteiger partial charge in [-0.25, -0.2) is 0 Å². The molecule has 2 heteroatoms. The minimum Gasteiger partial charge on any atom is -0.306 e. The predicted molar refractivity (Wildman–Crippen MR) is 71.8 cm³/mol. The van der Waals surface area contributed by atoms with Crippen molar-refractivity contribution in [3.63, 3.8) is 0 Å². The summed E-state index contributed by atoms with van der Waals surface area (Å²) in [6.07, 6.45) is 5.98. The maximum atomic E-state index is 4.43. The van der Waals surface area contributed by atoms with Gasteiger partial charge in [0.1, 0.15) is 0 Å². The lowest BCUT2D eigenvalue weighted by Gasteiger charge is -2.37. The quantitative estimate of drug-likeness (QED) is 0.862. The van der Waals surface area contributed by atoms with Crippen LogP contribution in [0.4, 0.5) is 0 Å². The summed E-state index contributed by atoms with van der Waals surface area (Å²) < 4.78 is 0. The fourth-order valence-electron chi connectivity index (χ4n) is 3.02. The lowest BCUT2D eigenvalue weighted by molar-refractivity contribution is 0.195. The van der Waals surface area contributed by atoms with Crippen molar-refractivity contribution >= 4 is 0 Å². The van der Waals surface area contributed by atoms with E-state index in [1.165, 1.54) is 19.3 Å². The summed E-state index contributed by atoms with van der Waals surface area (Å²) in [5.41, 5.74) is 1.15. The maximum Gasteiger partial charge on any atom is 0.0570 e. The average molecular weight is 232 g/mol. The van der Waals surface area contributed by atoms with Crippen LogP contribution in [-0.4, -0.2) is 11.0 Å². The van der Waals surface area contributed by atoms with Crippen LogP contribution in [0.5, 0.6) is 0 Å². The highest BCUT2D eigenvalue weighted by Gasteiger charge is 2.28. The van der Waals surface area contributed by atoms with Gasteiger partial charge < -0.3 is 5.32 Å². The zero-order valence-electron chi connectivity index (χ0n) is 11.2. The Labute approximate surface area is 105 Å². The van der Waals surface area contributed by atoms with Gasteiger partial charge in [0, 0.05) is 18.3 Å². The second kappa shape index (κ2) is 5.63. The third-order valence-electron chi connectivity index (χ3n) is 4.12. The fraction of sp³-hybridized carbons (Fsp3) is 0.667.